The van der Waals surface area contributed by atoms with Crippen molar-refractivity contribution in [2.45, 2.75) is 13.1 Å². The molecule has 0 spiro atoms. The lowest BCUT2D eigenvalue weighted by atomic mass is 10.2. The average molecular weight is 327 g/mol. The van der Waals surface area contributed by atoms with E-state index in [2.05, 4.69) is 5.32 Å². The number of rotatable bonds is 7. The smallest absolute Gasteiger partial charge is 0.318 e. The molecule has 0 radical (unpaired) electrons. The Kier molecular flexibility index (Phi) is 6.63. The van der Waals surface area contributed by atoms with E-state index in [0.717, 1.165) is 17.7 Å². The Morgan fingerprint density at radius 3 is 2.38 bits per heavy atom. The third kappa shape index (κ3) is 5.93. The van der Waals surface area contributed by atoms with Crippen LogP contribution >= 0.6 is 0 Å². The van der Waals surface area contributed by atoms with E-state index < -0.39 is 0 Å². The van der Waals surface area contributed by atoms with Crippen molar-refractivity contribution in [2.75, 3.05) is 27.2 Å². The van der Waals surface area contributed by atoms with Crippen molar-refractivity contribution in [2.24, 2.45) is 0 Å². The summed E-state index contributed by atoms with van der Waals surface area (Å²) in [6, 6.07) is 16.7. The molecule has 0 aliphatic heterocycles. The fourth-order valence-corrected chi connectivity index (χ4v) is 2.33. The van der Waals surface area contributed by atoms with Gasteiger partial charge in [0.25, 0.3) is 0 Å². The van der Waals surface area contributed by atoms with Crippen molar-refractivity contribution in [3.8, 4) is 5.75 Å². The van der Waals surface area contributed by atoms with E-state index in [1.165, 1.54) is 0 Å². The predicted molar refractivity (Wildman–Crippen MR) is 95.7 cm³/mol. The molecular formula is C19H25N3O2. The minimum absolute atomic E-state index is 0.107. The van der Waals surface area contributed by atoms with Crippen LogP contribution in [-0.4, -0.2) is 48.1 Å². The van der Waals surface area contributed by atoms with Crippen LogP contribution in [0.3, 0.4) is 0 Å². The summed E-state index contributed by atoms with van der Waals surface area (Å²) in [6.07, 6.45) is 0. The Hall–Kier alpha value is -2.53. The number of hydrogen-bond acceptors (Lipinski definition) is 3. The highest BCUT2D eigenvalue weighted by Gasteiger charge is 2.14. The maximum Gasteiger partial charge on any atom is 0.318 e. The van der Waals surface area contributed by atoms with Crippen LogP contribution in [0.4, 0.5) is 4.79 Å². The van der Waals surface area contributed by atoms with Gasteiger partial charge in [-0.1, -0.05) is 42.5 Å². The van der Waals surface area contributed by atoms with E-state index in [4.69, 9.17) is 0 Å². The van der Waals surface area contributed by atoms with Crippen LogP contribution in [-0.2, 0) is 13.1 Å². The van der Waals surface area contributed by atoms with Gasteiger partial charge in [0.1, 0.15) is 5.75 Å². The molecule has 24 heavy (non-hydrogen) atoms. The molecule has 2 rings (SSSR count). The molecule has 2 amide bonds. The predicted octanol–water partition coefficient (Wildman–Crippen LogP) is 2.67. The minimum Gasteiger partial charge on any atom is -0.508 e. The lowest BCUT2D eigenvalue weighted by Crippen LogP contribution is -2.42. The van der Waals surface area contributed by atoms with Gasteiger partial charge >= 0.3 is 6.03 Å². The summed E-state index contributed by atoms with van der Waals surface area (Å²) in [6.45, 7) is 2.35. The molecule has 5 nitrogen and oxygen atoms in total. The Morgan fingerprint density at radius 1 is 1.00 bits per heavy atom. The van der Waals surface area contributed by atoms with Crippen LogP contribution in [0.1, 0.15) is 11.1 Å². The number of nitrogens with zero attached hydrogens (tertiary/aromatic N) is 2. The van der Waals surface area contributed by atoms with E-state index in [9.17, 15) is 9.90 Å². The fourth-order valence-electron chi connectivity index (χ4n) is 2.33. The quantitative estimate of drug-likeness (QED) is 0.822. The number of hydrogen-bond donors (Lipinski definition) is 2. The second kappa shape index (κ2) is 8.93. The molecule has 0 aliphatic rings. The average Bonchev–Trinajstić information content (AvgIpc) is 2.57. The molecule has 5 heteroatoms. The van der Waals surface area contributed by atoms with Crippen molar-refractivity contribution in [1.82, 2.24) is 15.1 Å². The summed E-state index contributed by atoms with van der Waals surface area (Å²) in [7, 11) is 3.96. The third-order valence-corrected chi connectivity index (χ3v) is 3.67. The number of aromatic hydroxyl groups is 1. The molecule has 0 atom stereocenters. The maximum atomic E-state index is 12.6. The van der Waals surface area contributed by atoms with Gasteiger partial charge in [0.15, 0.2) is 0 Å². The summed E-state index contributed by atoms with van der Waals surface area (Å²) in [5, 5.41) is 12.6. The summed E-state index contributed by atoms with van der Waals surface area (Å²) < 4.78 is 0. The van der Waals surface area contributed by atoms with Gasteiger partial charge in [-0.15, -0.1) is 0 Å². The first-order chi connectivity index (χ1) is 11.5. The summed E-state index contributed by atoms with van der Waals surface area (Å²) in [5.74, 6) is 0.213. The van der Waals surface area contributed by atoms with Gasteiger partial charge in [0.05, 0.1) is 0 Å². The minimum atomic E-state index is -0.107. The first kappa shape index (κ1) is 17.8. The Labute approximate surface area is 143 Å². The lowest BCUT2D eigenvalue weighted by Gasteiger charge is -2.25. The summed E-state index contributed by atoms with van der Waals surface area (Å²) >= 11 is 0. The first-order valence-corrected chi connectivity index (χ1v) is 8.04. The number of carbonyl (C=O) groups excluding carboxylic acids is 1. The van der Waals surface area contributed by atoms with Crippen LogP contribution in [0, 0.1) is 0 Å². The van der Waals surface area contributed by atoms with Crippen LogP contribution in [0.25, 0.3) is 0 Å². The maximum absolute atomic E-state index is 12.6. The number of phenolic OH excluding ortho intramolecular Hbond substituents is 1. The molecule has 0 aliphatic carbocycles. The molecule has 0 saturated carbocycles. The van der Waals surface area contributed by atoms with E-state index in [0.29, 0.717) is 19.6 Å². The van der Waals surface area contributed by atoms with Gasteiger partial charge < -0.3 is 20.2 Å². The van der Waals surface area contributed by atoms with E-state index in [1.54, 1.807) is 23.1 Å². The largest absolute Gasteiger partial charge is 0.508 e. The van der Waals surface area contributed by atoms with Gasteiger partial charge in [-0.05, 0) is 37.4 Å². The molecule has 0 fully saturated rings. The Bertz CT molecular complexity index is 644. The van der Waals surface area contributed by atoms with Crippen LogP contribution < -0.4 is 5.32 Å². The van der Waals surface area contributed by atoms with Crippen molar-refractivity contribution < 1.29 is 9.90 Å². The summed E-state index contributed by atoms with van der Waals surface area (Å²) in [5.41, 5.74) is 1.97. The molecule has 0 bridgehead atoms. The number of likely N-dealkylation sites (N-methyl/N-ethyl adjacent to an activating group) is 1. The van der Waals surface area contributed by atoms with Crippen LogP contribution in [0.2, 0.25) is 0 Å². The van der Waals surface area contributed by atoms with Crippen LogP contribution in [0.15, 0.2) is 54.6 Å². The highest BCUT2D eigenvalue weighted by atomic mass is 16.3. The number of urea groups is 1. The zero-order chi connectivity index (χ0) is 17.4. The second-order valence-corrected chi connectivity index (χ2v) is 6.04. The summed E-state index contributed by atoms with van der Waals surface area (Å²) in [4.78, 5) is 16.4. The van der Waals surface area contributed by atoms with Crippen molar-refractivity contribution in [3.63, 3.8) is 0 Å². The molecular weight excluding hydrogens is 302 g/mol. The van der Waals surface area contributed by atoms with Gasteiger partial charge in [0.2, 0.25) is 0 Å². The molecule has 0 saturated heterocycles. The standard InChI is InChI=1S/C19H25N3O2/c1-21(2)11-12-22(15-17-9-6-10-18(23)13-17)19(24)20-14-16-7-4-3-5-8-16/h3-10,13,23H,11-12,14-15H2,1-2H3,(H,20,24). The van der Waals surface area contributed by atoms with Crippen molar-refractivity contribution >= 4 is 6.03 Å². The van der Waals surface area contributed by atoms with Gasteiger partial charge in [0, 0.05) is 26.2 Å². The Balaban J connectivity index is 1.99. The molecule has 0 unspecified atom stereocenters. The van der Waals surface area contributed by atoms with Gasteiger partial charge in [-0.3, -0.25) is 0 Å². The van der Waals surface area contributed by atoms with E-state index in [-0.39, 0.29) is 11.8 Å². The number of phenols is 1. The number of nitrogens with one attached hydrogen (secondary N) is 1. The highest BCUT2D eigenvalue weighted by Crippen LogP contribution is 2.13. The fraction of sp³-hybridized carbons (Fsp3) is 0.316. The molecule has 0 heterocycles. The van der Waals surface area contributed by atoms with E-state index in [1.807, 2.05) is 55.4 Å². The highest BCUT2D eigenvalue weighted by molar-refractivity contribution is 5.74. The van der Waals surface area contributed by atoms with Gasteiger partial charge in [-0.25, -0.2) is 4.79 Å². The SMILES string of the molecule is CN(C)CCN(Cc1cccc(O)c1)C(=O)NCc1ccccc1. The molecule has 128 valence electrons. The van der Waals surface area contributed by atoms with Crippen molar-refractivity contribution in [1.29, 1.82) is 0 Å². The first-order valence-electron chi connectivity index (χ1n) is 8.04. The second-order valence-electron chi connectivity index (χ2n) is 6.04. The third-order valence-electron chi connectivity index (χ3n) is 3.67. The topological polar surface area (TPSA) is 55.8 Å². The number of benzene rings is 2. The normalized spacial score (nSPS) is 10.6. The zero-order valence-electron chi connectivity index (χ0n) is 14.3. The van der Waals surface area contributed by atoms with E-state index >= 15 is 0 Å². The monoisotopic (exact) mass is 327 g/mol. The zero-order valence-corrected chi connectivity index (χ0v) is 14.3. The number of amides is 2. The van der Waals surface area contributed by atoms with Crippen molar-refractivity contribution in [3.05, 3.63) is 65.7 Å². The van der Waals surface area contributed by atoms with Crippen LogP contribution in [0.5, 0.6) is 5.75 Å². The molecule has 0 aromatic heterocycles. The molecule has 2 aromatic carbocycles. The Morgan fingerprint density at radius 2 is 1.71 bits per heavy atom. The number of carbonyl (C=O) groups is 1. The lowest BCUT2D eigenvalue weighted by molar-refractivity contribution is 0.188. The van der Waals surface area contributed by atoms with Gasteiger partial charge in [-0.2, -0.15) is 0 Å². The molecule has 2 N–H and O–H groups in total. The molecule has 2 aromatic rings.